The topological polar surface area (TPSA) is 76.3 Å². The summed E-state index contributed by atoms with van der Waals surface area (Å²) in [6.45, 7) is 2.01. The molecule has 0 aliphatic rings. The standard InChI is InChI=1S/C29H20Br2N4O2/c1-18-7-9-19(10-8-18)17-32-34-28(36)21-11-13-23(14-12-21)35-27(20-5-3-2-4-6-20)33-26-24(29(35)37)15-22(30)16-25(26)31/h2-17H,1H3,(H,34,36)/b32-17+. The number of carbonyl (C=O) groups excluding carboxylic acids is 1. The molecular weight excluding hydrogens is 596 g/mol. The van der Waals surface area contributed by atoms with Crippen LogP contribution in [0.5, 0.6) is 0 Å². The number of benzene rings is 4. The van der Waals surface area contributed by atoms with Crippen LogP contribution in [0.25, 0.3) is 28.0 Å². The average molecular weight is 616 g/mol. The highest BCUT2D eigenvalue weighted by atomic mass is 79.9. The van der Waals surface area contributed by atoms with Crippen LogP contribution >= 0.6 is 31.9 Å². The van der Waals surface area contributed by atoms with E-state index in [9.17, 15) is 9.59 Å². The van der Waals surface area contributed by atoms with Crippen LogP contribution in [0, 0.1) is 6.92 Å². The maximum Gasteiger partial charge on any atom is 0.271 e. The molecule has 0 spiro atoms. The van der Waals surface area contributed by atoms with Crippen molar-refractivity contribution in [2.75, 3.05) is 0 Å². The van der Waals surface area contributed by atoms with Crippen molar-refractivity contribution in [2.24, 2.45) is 5.10 Å². The number of hydrogen-bond donors (Lipinski definition) is 1. The lowest BCUT2D eigenvalue weighted by Gasteiger charge is -2.15. The van der Waals surface area contributed by atoms with Gasteiger partial charge in [0.1, 0.15) is 5.82 Å². The zero-order valence-electron chi connectivity index (χ0n) is 19.7. The second-order valence-electron chi connectivity index (χ2n) is 8.38. The number of rotatable bonds is 5. The van der Waals surface area contributed by atoms with Gasteiger partial charge in [0, 0.05) is 20.1 Å². The molecular formula is C29H20Br2N4O2. The molecule has 1 amide bonds. The van der Waals surface area contributed by atoms with E-state index in [4.69, 9.17) is 4.98 Å². The fourth-order valence-corrected chi connectivity index (χ4v) is 5.19. The molecule has 5 aromatic rings. The van der Waals surface area contributed by atoms with E-state index in [0.29, 0.717) is 28.0 Å². The van der Waals surface area contributed by atoms with Gasteiger partial charge in [0.25, 0.3) is 11.5 Å². The van der Waals surface area contributed by atoms with Crippen LogP contribution in [-0.4, -0.2) is 21.7 Å². The summed E-state index contributed by atoms with van der Waals surface area (Å²) in [5.41, 5.74) is 6.74. The predicted octanol–water partition coefficient (Wildman–Crippen LogP) is 6.65. The normalized spacial score (nSPS) is 11.2. The Morgan fingerprint density at radius 2 is 1.65 bits per heavy atom. The quantitative estimate of drug-likeness (QED) is 0.178. The van der Waals surface area contributed by atoms with Crippen LogP contribution in [0.15, 0.2) is 110 Å². The van der Waals surface area contributed by atoms with Gasteiger partial charge in [0.05, 0.1) is 22.8 Å². The van der Waals surface area contributed by atoms with Crippen LogP contribution in [-0.2, 0) is 0 Å². The molecule has 0 bridgehead atoms. The van der Waals surface area contributed by atoms with Gasteiger partial charge in [-0.25, -0.2) is 10.4 Å². The monoisotopic (exact) mass is 614 g/mol. The summed E-state index contributed by atoms with van der Waals surface area (Å²) in [6, 6.07) is 27.7. The first-order chi connectivity index (χ1) is 17.9. The maximum atomic E-state index is 13.7. The number of halogens is 2. The summed E-state index contributed by atoms with van der Waals surface area (Å²) < 4.78 is 3.05. The zero-order chi connectivity index (χ0) is 25.9. The number of nitrogens with zero attached hydrogens (tertiary/aromatic N) is 3. The Kier molecular flexibility index (Phi) is 7.12. The van der Waals surface area contributed by atoms with Gasteiger partial charge in [0.15, 0.2) is 0 Å². The van der Waals surface area contributed by atoms with Gasteiger partial charge < -0.3 is 0 Å². The van der Waals surface area contributed by atoms with Gasteiger partial charge in [-0.2, -0.15) is 5.10 Å². The minimum atomic E-state index is -0.352. The van der Waals surface area contributed by atoms with Crippen molar-refractivity contribution >= 4 is 54.9 Å². The first kappa shape index (κ1) is 24.8. The minimum absolute atomic E-state index is 0.217. The first-order valence-electron chi connectivity index (χ1n) is 11.4. The van der Waals surface area contributed by atoms with Crippen molar-refractivity contribution < 1.29 is 4.79 Å². The molecule has 37 heavy (non-hydrogen) atoms. The Morgan fingerprint density at radius 1 is 0.946 bits per heavy atom. The summed E-state index contributed by atoms with van der Waals surface area (Å²) in [6.07, 6.45) is 1.59. The van der Waals surface area contributed by atoms with Gasteiger partial charge in [-0.05, 0) is 64.8 Å². The second kappa shape index (κ2) is 10.6. The average Bonchev–Trinajstić information content (AvgIpc) is 2.91. The van der Waals surface area contributed by atoms with Crippen LogP contribution < -0.4 is 11.0 Å². The number of fused-ring (bicyclic) bond motifs is 1. The van der Waals surface area contributed by atoms with Crippen LogP contribution in [0.4, 0.5) is 0 Å². The third kappa shape index (κ3) is 5.30. The fourth-order valence-electron chi connectivity index (χ4n) is 3.88. The Balaban J connectivity index is 1.51. The maximum absolute atomic E-state index is 13.7. The van der Waals surface area contributed by atoms with Gasteiger partial charge in [-0.15, -0.1) is 0 Å². The highest BCUT2D eigenvalue weighted by molar-refractivity contribution is 9.11. The fraction of sp³-hybridized carbons (Fsp3) is 0.0345. The molecule has 1 N–H and O–H groups in total. The smallest absolute Gasteiger partial charge is 0.268 e. The first-order valence-corrected chi connectivity index (χ1v) is 13.0. The molecule has 0 unspecified atom stereocenters. The number of amides is 1. The molecule has 0 radical (unpaired) electrons. The van der Waals surface area contributed by atoms with E-state index in [1.165, 1.54) is 0 Å². The van der Waals surface area contributed by atoms with E-state index < -0.39 is 0 Å². The number of hydrazone groups is 1. The molecule has 5 rings (SSSR count). The molecule has 1 aromatic heterocycles. The summed E-state index contributed by atoms with van der Waals surface area (Å²) in [5.74, 6) is 0.149. The Bertz CT molecular complexity index is 1700. The summed E-state index contributed by atoms with van der Waals surface area (Å²) >= 11 is 7.00. The number of carbonyl (C=O) groups is 1. The van der Waals surface area contributed by atoms with Gasteiger partial charge in [-0.1, -0.05) is 76.1 Å². The van der Waals surface area contributed by atoms with Gasteiger partial charge in [0.2, 0.25) is 0 Å². The minimum Gasteiger partial charge on any atom is -0.268 e. The Labute approximate surface area is 230 Å². The van der Waals surface area contributed by atoms with E-state index in [1.54, 1.807) is 41.1 Å². The van der Waals surface area contributed by atoms with Crippen molar-refractivity contribution in [3.8, 4) is 17.1 Å². The predicted molar refractivity (Wildman–Crippen MR) is 154 cm³/mol. The number of aromatic nitrogens is 2. The lowest BCUT2D eigenvalue weighted by Crippen LogP contribution is -2.22. The molecule has 6 nitrogen and oxygen atoms in total. The molecule has 8 heteroatoms. The third-order valence-electron chi connectivity index (χ3n) is 5.77. The van der Waals surface area contributed by atoms with Crippen molar-refractivity contribution in [3.63, 3.8) is 0 Å². The summed E-state index contributed by atoms with van der Waals surface area (Å²) in [7, 11) is 0. The van der Waals surface area contributed by atoms with Crippen LogP contribution in [0.2, 0.25) is 0 Å². The number of aryl methyl sites for hydroxylation is 1. The van der Waals surface area contributed by atoms with E-state index in [1.807, 2.05) is 67.6 Å². The molecule has 0 saturated heterocycles. The van der Waals surface area contributed by atoms with E-state index in [-0.39, 0.29) is 11.5 Å². The Morgan fingerprint density at radius 3 is 2.35 bits per heavy atom. The second-order valence-corrected chi connectivity index (χ2v) is 10.2. The highest BCUT2D eigenvalue weighted by Gasteiger charge is 2.17. The SMILES string of the molecule is Cc1ccc(/C=N/NC(=O)c2ccc(-n3c(-c4ccccc4)nc4c(Br)cc(Br)cc4c3=O)cc2)cc1. The lowest BCUT2D eigenvalue weighted by atomic mass is 10.1. The molecule has 0 atom stereocenters. The third-order valence-corrected chi connectivity index (χ3v) is 6.83. The molecule has 0 fully saturated rings. The van der Waals surface area contributed by atoms with E-state index in [0.717, 1.165) is 25.6 Å². The van der Waals surface area contributed by atoms with Gasteiger partial charge >= 0.3 is 0 Å². The number of nitrogens with one attached hydrogen (secondary N) is 1. The highest BCUT2D eigenvalue weighted by Crippen LogP contribution is 2.29. The van der Waals surface area contributed by atoms with Crippen molar-refractivity contribution in [1.82, 2.24) is 15.0 Å². The zero-order valence-corrected chi connectivity index (χ0v) is 22.8. The molecule has 0 aliphatic carbocycles. The Hall–Kier alpha value is -3.88. The van der Waals surface area contributed by atoms with E-state index in [2.05, 4.69) is 42.4 Å². The number of hydrogen-bond acceptors (Lipinski definition) is 4. The van der Waals surface area contributed by atoms with Gasteiger partial charge in [-0.3, -0.25) is 14.2 Å². The molecule has 1 heterocycles. The molecule has 4 aromatic carbocycles. The molecule has 0 aliphatic heterocycles. The van der Waals surface area contributed by atoms with Crippen molar-refractivity contribution in [3.05, 3.63) is 127 Å². The largest absolute Gasteiger partial charge is 0.271 e. The summed E-state index contributed by atoms with van der Waals surface area (Å²) in [5, 5.41) is 4.51. The summed E-state index contributed by atoms with van der Waals surface area (Å²) in [4.78, 5) is 31.2. The van der Waals surface area contributed by atoms with Crippen LogP contribution in [0.3, 0.4) is 0 Å². The van der Waals surface area contributed by atoms with Crippen molar-refractivity contribution in [1.29, 1.82) is 0 Å². The van der Waals surface area contributed by atoms with E-state index >= 15 is 0 Å². The van der Waals surface area contributed by atoms with Crippen molar-refractivity contribution in [2.45, 2.75) is 6.92 Å². The van der Waals surface area contributed by atoms with Crippen LogP contribution in [0.1, 0.15) is 21.5 Å². The molecule has 0 saturated carbocycles. The molecule has 182 valence electrons. The lowest BCUT2D eigenvalue weighted by molar-refractivity contribution is 0.0955.